The molecule has 0 bridgehead atoms. The number of rotatable bonds is 6. The van der Waals surface area contributed by atoms with Gasteiger partial charge in [0.15, 0.2) is 5.82 Å². The van der Waals surface area contributed by atoms with E-state index in [1.807, 2.05) is 41.1 Å². The molecule has 114 valence electrons. The molecule has 0 spiro atoms. The van der Waals surface area contributed by atoms with Gasteiger partial charge in [-0.1, -0.05) is 41.9 Å². The van der Waals surface area contributed by atoms with E-state index in [0.29, 0.717) is 18.3 Å². The summed E-state index contributed by atoms with van der Waals surface area (Å²) in [6.07, 6.45) is 0. The van der Waals surface area contributed by atoms with E-state index in [0.717, 1.165) is 29.2 Å². The summed E-state index contributed by atoms with van der Waals surface area (Å²) in [6, 6.07) is 9.86. The third-order valence-corrected chi connectivity index (χ3v) is 4.45. The van der Waals surface area contributed by atoms with Crippen molar-refractivity contribution >= 4 is 22.9 Å². The second-order valence-electron chi connectivity index (χ2n) is 4.92. The topological polar surface area (TPSA) is 42.2 Å². The molecule has 0 atom stereocenters. The molecule has 22 heavy (non-hydrogen) atoms. The standard InChI is InChI=1S/C16H16ClN3OS/c1-2-20(9-12-5-3-4-6-14(12)17)10-15-18-16(21-19-15)13-7-8-22-11-13/h3-8,11H,2,9-10H2,1H3. The first-order valence-corrected chi connectivity index (χ1v) is 8.39. The molecule has 0 unspecified atom stereocenters. The van der Waals surface area contributed by atoms with Crippen molar-refractivity contribution in [1.82, 2.24) is 15.0 Å². The van der Waals surface area contributed by atoms with Crippen molar-refractivity contribution < 1.29 is 4.52 Å². The summed E-state index contributed by atoms with van der Waals surface area (Å²) >= 11 is 7.84. The van der Waals surface area contributed by atoms with Crippen molar-refractivity contribution in [3.05, 3.63) is 57.5 Å². The molecular formula is C16H16ClN3OS. The summed E-state index contributed by atoms with van der Waals surface area (Å²) < 4.78 is 5.32. The van der Waals surface area contributed by atoms with Crippen molar-refractivity contribution in [2.24, 2.45) is 0 Å². The van der Waals surface area contributed by atoms with Crippen LogP contribution in [0.25, 0.3) is 11.5 Å². The minimum Gasteiger partial charge on any atom is -0.334 e. The number of hydrogen-bond donors (Lipinski definition) is 0. The molecule has 0 aliphatic carbocycles. The molecule has 0 amide bonds. The zero-order chi connectivity index (χ0) is 15.4. The monoisotopic (exact) mass is 333 g/mol. The summed E-state index contributed by atoms with van der Waals surface area (Å²) in [4.78, 5) is 6.68. The van der Waals surface area contributed by atoms with Gasteiger partial charge in [-0.05, 0) is 29.6 Å². The maximum absolute atomic E-state index is 6.22. The van der Waals surface area contributed by atoms with Crippen molar-refractivity contribution in [3.8, 4) is 11.5 Å². The average molecular weight is 334 g/mol. The first kappa shape index (κ1) is 15.2. The van der Waals surface area contributed by atoms with Crippen LogP contribution in [0.1, 0.15) is 18.3 Å². The number of benzene rings is 1. The molecule has 6 heteroatoms. The van der Waals surface area contributed by atoms with Crippen LogP contribution in [0.5, 0.6) is 0 Å². The van der Waals surface area contributed by atoms with Crippen molar-refractivity contribution in [3.63, 3.8) is 0 Å². The van der Waals surface area contributed by atoms with E-state index in [4.69, 9.17) is 16.1 Å². The van der Waals surface area contributed by atoms with Crippen molar-refractivity contribution in [2.75, 3.05) is 6.54 Å². The second kappa shape index (κ2) is 7.05. The van der Waals surface area contributed by atoms with Crippen LogP contribution >= 0.6 is 22.9 Å². The Labute approximate surface area is 138 Å². The summed E-state index contributed by atoms with van der Waals surface area (Å²) in [6.45, 7) is 4.39. The van der Waals surface area contributed by atoms with Gasteiger partial charge in [-0.3, -0.25) is 4.90 Å². The van der Waals surface area contributed by atoms with Gasteiger partial charge in [-0.25, -0.2) is 0 Å². The van der Waals surface area contributed by atoms with E-state index in [-0.39, 0.29) is 0 Å². The van der Waals surface area contributed by atoms with Gasteiger partial charge in [0.1, 0.15) is 0 Å². The summed E-state index contributed by atoms with van der Waals surface area (Å²) in [5.74, 6) is 1.26. The van der Waals surface area contributed by atoms with Gasteiger partial charge < -0.3 is 4.52 Å². The van der Waals surface area contributed by atoms with Crippen LogP contribution in [0, 0.1) is 0 Å². The molecule has 0 aliphatic rings. The molecule has 0 fully saturated rings. The SMILES string of the molecule is CCN(Cc1noc(-c2ccsc2)n1)Cc1ccccc1Cl. The maximum Gasteiger partial charge on any atom is 0.258 e. The Balaban J connectivity index is 1.69. The van der Waals surface area contributed by atoms with E-state index in [9.17, 15) is 0 Å². The lowest BCUT2D eigenvalue weighted by molar-refractivity contribution is 0.259. The molecule has 1 aromatic carbocycles. The molecule has 3 aromatic rings. The fraction of sp³-hybridized carbons (Fsp3) is 0.250. The molecule has 3 rings (SSSR count). The molecule has 0 saturated heterocycles. The first-order valence-electron chi connectivity index (χ1n) is 7.07. The van der Waals surface area contributed by atoms with Gasteiger partial charge in [0.2, 0.25) is 0 Å². The fourth-order valence-corrected chi connectivity index (χ4v) is 2.99. The lowest BCUT2D eigenvalue weighted by Crippen LogP contribution is -2.23. The van der Waals surface area contributed by atoms with Gasteiger partial charge in [0.25, 0.3) is 5.89 Å². The minimum absolute atomic E-state index is 0.574. The molecule has 0 saturated carbocycles. The zero-order valence-corrected chi connectivity index (χ0v) is 13.8. The summed E-state index contributed by atoms with van der Waals surface area (Å²) in [7, 11) is 0. The number of halogens is 1. The van der Waals surface area contributed by atoms with Crippen LogP contribution < -0.4 is 0 Å². The van der Waals surface area contributed by atoms with E-state index >= 15 is 0 Å². The Bertz CT molecular complexity index is 727. The normalized spacial score (nSPS) is 11.2. The van der Waals surface area contributed by atoms with Crippen molar-refractivity contribution in [1.29, 1.82) is 0 Å². The quantitative estimate of drug-likeness (QED) is 0.667. The molecule has 2 heterocycles. The Morgan fingerprint density at radius 3 is 2.82 bits per heavy atom. The van der Waals surface area contributed by atoms with E-state index in [2.05, 4.69) is 22.0 Å². The number of nitrogens with zero attached hydrogens (tertiary/aromatic N) is 3. The molecule has 4 nitrogen and oxygen atoms in total. The smallest absolute Gasteiger partial charge is 0.258 e. The highest BCUT2D eigenvalue weighted by Crippen LogP contribution is 2.21. The van der Waals surface area contributed by atoms with Crippen LogP contribution in [-0.4, -0.2) is 21.6 Å². The predicted octanol–water partition coefficient (Wildman–Crippen LogP) is 4.47. The lowest BCUT2D eigenvalue weighted by atomic mass is 10.2. The van der Waals surface area contributed by atoms with Gasteiger partial charge in [0, 0.05) is 16.9 Å². The van der Waals surface area contributed by atoms with Crippen LogP contribution in [0.15, 0.2) is 45.6 Å². The highest BCUT2D eigenvalue weighted by atomic mass is 35.5. The van der Waals surface area contributed by atoms with Gasteiger partial charge in [0.05, 0.1) is 12.1 Å². The molecule has 0 radical (unpaired) electrons. The Morgan fingerprint density at radius 2 is 2.09 bits per heavy atom. The average Bonchev–Trinajstić information content (AvgIpc) is 3.19. The third-order valence-electron chi connectivity index (χ3n) is 3.40. The zero-order valence-electron chi connectivity index (χ0n) is 12.2. The lowest BCUT2D eigenvalue weighted by Gasteiger charge is -2.19. The molecule has 2 aromatic heterocycles. The van der Waals surface area contributed by atoms with Crippen LogP contribution in [0.3, 0.4) is 0 Å². The van der Waals surface area contributed by atoms with Gasteiger partial charge in [-0.2, -0.15) is 16.3 Å². The van der Waals surface area contributed by atoms with E-state index < -0.39 is 0 Å². The third kappa shape index (κ3) is 3.55. The largest absolute Gasteiger partial charge is 0.334 e. The van der Waals surface area contributed by atoms with Crippen LogP contribution in [0.2, 0.25) is 5.02 Å². The number of aromatic nitrogens is 2. The van der Waals surface area contributed by atoms with Crippen LogP contribution in [0.4, 0.5) is 0 Å². The highest BCUT2D eigenvalue weighted by Gasteiger charge is 2.13. The van der Waals surface area contributed by atoms with E-state index in [1.165, 1.54) is 0 Å². The molecule has 0 N–H and O–H groups in total. The predicted molar refractivity (Wildman–Crippen MR) is 88.9 cm³/mol. The van der Waals surface area contributed by atoms with Crippen LogP contribution in [-0.2, 0) is 13.1 Å². The Hall–Kier alpha value is -1.69. The first-order chi connectivity index (χ1) is 10.8. The summed E-state index contributed by atoms with van der Waals surface area (Å²) in [5, 5.41) is 8.85. The van der Waals surface area contributed by atoms with Gasteiger partial charge in [-0.15, -0.1) is 0 Å². The second-order valence-corrected chi connectivity index (χ2v) is 6.11. The summed E-state index contributed by atoms with van der Waals surface area (Å²) in [5.41, 5.74) is 2.07. The van der Waals surface area contributed by atoms with E-state index in [1.54, 1.807) is 11.3 Å². The maximum atomic E-state index is 6.22. The minimum atomic E-state index is 0.574. The molecule has 0 aliphatic heterocycles. The highest BCUT2D eigenvalue weighted by molar-refractivity contribution is 7.08. The Kier molecular flexibility index (Phi) is 4.87. The Morgan fingerprint density at radius 1 is 1.23 bits per heavy atom. The number of thiophene rings is 1. The fourth-order valence-electron chi connectivity index (χ4n) is 2.17. The van der Waals surface area contributed by atoms with Crippen molar-refractivity contribution in [2.45, 2.75) is 20.0 Å². The van der Waals surface area contributed by atoms with Gasteiger partial charge >= 0.3 is 0 Å². The number of hydrogen-bond acceptors (Lipinski definition) is 5. The molecular weight excluding hydrogens is 318 g/mol.